The molecule has 0 aliphatic heterocycles. The molecule has 1 aliphatic rings. The van der Waals surface area contributed by atoms with Gasteiger partial charge in [0.05, 0.1) is 23.1 Å². The third-order valence-corrected chi connectivity index (χ3v) is 3.62. The van der Waals surface area contributed by atoms with Crippen LogP contribution in [0.3, 0.4) is 0 Å². The largest absolute Gasteiger partial charge is 0.396 e. The third kappa shape index (κ3) is 2.22. The molecular formula is C13H14BrN3. The zero-order chi connectivity index (χ0) is 11.8. The highest BCUT2D eigenvalue weighted by atomic mass is 79.9. The van der Waals surface area contributed by atoms with E-state index in [1.807, 2.05) is 12.1 Å². The van der Waals surface area contributed by atoms with E-state index in [0.717, 1.165) is 39.2 Å². The Kier molecular flexibility index (Phi) is 2.67. The van der Waals surface area contributed by atoms with Crippen molar-refractivity contribution in [3.63, 3.8) is 0 Å². The summed E-state index contributed by atoms with van der Waals surface area (Å²) in [5.41, 5.74) is 8.71. The van der Waals surface area contributed by atoms with Crippen LogP contribution in [-0.2, 0) is 0 Å². The molecule has 0 amide bonds. The number of rotatable bonds is 3. The maximum atomic E-state index is 6.00. The van der Waals surface area contributed by atoms with Crippen LogP contribution in [0.1, 0.15) is 12.8 Å². The van der Waals surface area contributed by atoms with Crippen LogP contribution >= 0.6 is 15.9 Å². The summed E-state index contributed by atoms with van der Waals surface area (Å²) in [4.78, 5) is 4.34. The van der Waals surface area contributed by atoms with Gasteiger partial charge in [0.2, 0.25) is 0 Å². The molecule has 2 aromatic rings. The van der Waals surface area contributed by atoms with Crippen LogP contribution < -0.4 is 11.1 Å². The van der Waals surface area contributed by atoms with E-state index in [9.17, 15) is 0 Å². The first-order valence-electron chi connectivity index (χ1n) is 5.81. The molecule has 4 heteroatoms. The molecule has 17 heavy (non-hydrogen) atoms. The number of fused-ring (bicyclic) bond motifs is 1. The lowest BCUT2D eigenvalue weighted by Crippen LogP contribution is -2.06. The van der Waals surface area contributed by atoms with Crippen molar-refractivity contribution < 1.29 is 0 Å². The molecule has 3 N–H and O–H groups in total. The Morgan fingerprint density at radius 2 is 2.24 bits per heavy atom. The van der Waals surface area contributed by atoms with Crippen molar-refractivity contribution in [1.82, 2.24) is 4.98 Å². The van der Waals surface area contributed by atoms with Crippen molar-refractivity contribution in [3.8, 4) is 0 Å². The van der Waals surface area contributed by atoms with Crippen LogP contribution in [0, 0.1) is 5.92 Å². The van der Waals surface area contributed by atoms with E-state index in [2.05, 4.69) is 32.3 Å². The van der Waals surface area contributed by atoms with Gasteiger partial charge in [0.1, 0.15) is 0 Å². The number of anilines is 2. The first-order chi connectivity index (χ1) is 8.24. The van der Waals surface area contributed by atoms with E-state index in [0.29, 0.717) is 0 Å². The van der Waals surface area contributed by atoms with Gasteiger partial charge in [0, 0.05) is 16.4 Å². The number of halogens is 1. The molecule has 0 unspecified atom stereocenters. The second-order valence-corrected chi connectivity index (χ2v) is 5.49. The number of pyridine rings is 1. The predicted octanol–water partition coefficient (Wildman–Crippen LogP) is 3.40. The Balaban J connectivity index is 2.04. The van der Waals surface area contributed by atoms with Crippen LogP contribution in [0.4, 0.5) is 11.4 Å². The van der Waals surface area contributed by atoms with Crippen LogP contribution in [0.2, 0.25) is 0 Å². The molecule has 1 saturated carbocycles. The number of nitrogens with two attached hydrogens (primary N) is 1. The van der Waals surface area contributed by atoms with E-state index in [1.165, 1.54) is 12.8 Å². The van der Waals surface area contributed by atoms with Crippen LogP contribution in [0.25, 0.3) is 10.9 Å². The number of benzene rings is 1. The van der Waals surface area contributed by atoms with Crippen LogP contribution in [0.5, 0.6) is 0 Å². The number of nitrogen functional groups attached to an aromatic ring is 1. The highest BCUT2D eigenvalue weighted by molar-refractivity contribution is 9.10. The summed E-state index contributed by atoms with van der Waals surface area (Å²) in [7, 11) is 0. The maximum Gasteiger partial charge on any atom is 0.0743 e. The average Bonchev–Trinajstić information content (AvgIpc) is 3.11. The standard InChI is InChI=1S/C13H14BrN3/c14-9-3-4-12-10(5-9)13(11(15)7-16-12)17-6-8-1-2-8/h3-5,7-8H,1-2,6,15H2,(H,16,17). The quantitative estimate of drug-likeness (QED) is 0.911. The molecule has 88 valence electrons. The molecule has 1 heterocycles. The normalized spacial score (nSPS) is 15.1. The zero-order valence-electron chi connectivity index (χ0n) is 9.41. The Morgan fingerprint density at radius 3 is 3.00 bits per heavy atom. The number of nitrogens with one attached hydrogen (secondary N) is 1. The van der Waals surface area contributed by atoms with E-state index in [4.69, 9.17) is 5.73 Å². The van der Waals surface area contributed by atoms with Gasteiger partial charge in [-0.25, -0.2) is 0 Å². The zero-order valence-corrected chi connectivity index (χ0v) is 11.0. The van der Waals surface area contributed by atoms with E-state index >= 15 is 0 Å². The summed E-state index contributed by atoms with van der Waals surface area (Å²) in [5, 5.41) is 4.54. The van der Waals surface area contributed by atoms with Crippen molar-refractivity contribution in [3.05, 3.63) is 28.9 Å². The van der Waals surface area contributed by atoms with Crippen molar-refractivity contribution >= 4 is 38.2 Å². The van der Waals surface area contributed by atoms with E-state index in [-0.39, 0.29) is 0 Å². The van der Waals surface area contributed by atoms with Gasteiger partial charge in [-0.1, -0.05) is 15.9 Å². The van der Waals surface area contributed by atoms with Gasteiger partial charge >= 0.3 is 0 Å². The SMILES string of the molecule is Nc1cnc2ccc(Br)cc2c1NCC1CC1. The Bertz CT molecular complexity index is 559. The lowest BCUT2D eigenvalue weighted by Gasteiger charge is -2.12. The molecule has 1 aromatic heterocycles. The minimum absolute atomic E-state index is 0.719. The Morgan fingerprint density at radius 1 is 1.41 bits per heavy atom. The van der Waals surface area contributed by atoms with Gasteiger partial charge in [-0.15, -0.1) is 0 Å². The highest BCUT2D eigenvalue weighted by Gasteiger charge is 2.21. The fourth-order valence-corrected chi connectivity index (χ4v) is 2.31. The number of nitrogens with zero attached hydrogens (tertiary/aromatic N) is 1. The summed E-state index contributed by atoms with van der Waals surface area (Å²) < 4.78 is 1.05. The summed E-state index contributed by atoms with van der Waals surface area (Å²) in [6.45, 7) is 1.01. The number of aromatic nitrogens is 1. The fraction of sp³-hybridized carbons (Fsp3) is 0.308. The molecule has 1 fully saturated rings. The van der Waals surface area contributed by atoms with Gasteiger partial charge in [0.25, 0.3) is 0 Å². The molecular weight excluding hydrogens is 278 g/mol. The summed E-state index contributed by atoms with van der Waals surface area (Å²) in [6, 6.07) is 6.06. The molecule has 3 rings (SSSR count). The monoisotopic (exact) mass is 291 g/mol. The fourth-order valence-electron chi connectivity index (χ4n) is 1.95. The van der Waals surface area contributed by atoms with Crippen LogP contribution in [-0.4, -0.2) is 11.5 Å². The second kappa shape index (κ2) is 4.18. The van der Waals surface area contributed by atoms with Gasteiger partial charge in [-0.05, 0) is 37.0 Å². The Labute approximate surface area is 109 Å². The van der Waals surface area contributed by atoms with Gasteiger partial charge in [0.15, 0.2) is 0 Å². The number of hydrogen-bond donors (Lipinski definition) is 2. The minimum atomic E-state index is 0.719. The molecule has 0 atom stereocenters. The van der Waals surface area contributed by atoms with E-state index in [1.54, 1.807) is 6.20 Å². The van der Waals surface area contributed by atoms with Gasteiger partial charge in [-0.3, -0.25) is 4.98 Å². The smallest absolute Gasteiger partial charge is 0.0743 e. The van der Waals surface area contributed by atoms with Crippen molar-refractivity contribution in [2.45, 2.75) is 12.8 Å². The first-order valence-corrected chi connectivity index (χ1v) is 6.61. The molecule has 1 aromatic carbocycles. The maximum absolute atomic E-state index is 6.00. The van der Waals surface area contributed by atoms with Crippen LogP contribution in [0.15, 0.2) is 28.9 Å². The summed E-state index contributed by atoms with van der Waals surface area (Å²) >= 11 is 3.49. The average molecular weight is 292 g/mol. The van der Waals surface area contributed by atoms with Gasteiger partial charge in [-0.2, -0.15) is 0 Å². The Hall–Kier alpha value is -1.29. The molecule has 0 spiro atoms. The first kappa shape index (κ1) is 10.8. The van der Waals surface area contributed by atoms with Crippen molar-refractivity contribution in [1.29, 1.82) is 0 Å². The van der Waals surface area contributed by atoms with Crippen molar-refractivity contribution in [2.24, 2.45) is 5.92 Å². The second-order valence-electron chi connectivity index (χ2n) is 4.57. The highest BCUT2D eigenvalue weighted by Crippen LogP contribution is 2.33. The molecule has 0 radical (unpaired) electrons. The topological polar surface area (TPSA) is 50.9 Å². The molecule has 3 nitrogen and oxygen atoms in total. The summed E-state index contributed by atoms with van der Waals surface area (Å²) in [6.07, 6.45) is 4.39. The van der Waals surface area contributed by atoms with Gasteiger partial charge < -0.3 is 11.1 Å². The van der Waals surface area contributed by atoms with Crippen molar-refractivity contribution in [2.75, 3.05) is 17.6 Å². The number of hydrogen-bond acceptors (Lipinski definition) is 3. The molecule has 0 saturated heterocycles. The molecule has 1 aliphatic carbocycles. The lowest BCUT2D eigenvalue weighted by molar-refractivity contribution is 0.891. The minimum Gasteiger partial charge on any atom is -0.396 e. The third-order valence-electron chi connectivity index (χ3n) is 3.12. The predicted molar refractivity (Wildman–Crippen MR) is 75.1 cm³/mol. The van der Waals surface area contributed by atoms with E-state index < -0.39 is 0 Å². The summed E-state index contributed by atoms with van der Waals surface area (Å²) in [5.74, 6) is 0.824. The molecule has 0 bridgehead atoms. The lowest BCUT2D eigenvalue weighted by atomic mass is 10.1.